The molecule has 7 nitrogen and oxygen atoms in total. The van der Waals surface area contributed by atoms with Crippen LogP contribution in [0.4, 0.5) is 0 Å². The molecule has 0 spiro atoms. The zero-order chi connectivity index (χ0) is 26.3. The first-order valence-corrected chi connectivity index (χ1v) is 12.7. The molecule has 10 heteroatoms. The summed E-state index contributed by atoms with van der Waals surface area (Å²) >= 11 is 13.5. The van der Waals surface area contributed by atoms with Crippen molar-refractivity contribution in [3.63, 3.8) is 0 Å². The highest BCUT2D eigenvalue weighted by atomic mass is 35.5. The Balaban J connectivity index is 1.63. The number of thiazole rings is 1. The van der Waals surface area contributed by atoms with Crippen LogP contribution in [-0.4, -0.2) is 24.8 Å². The Morgan fingerprint density at radius 2 is 1.86 bits per heavy atom. The highest BCUT2D eigenvalue weighted by molar-refractivity contribution is 7.07. The molecule has 0 bridgehead atoms. The van der Waals surface area contributed by atoms with Gasteiger partial charge in [-0.15, -0.1) is 0 Å². The summed E-state index contributed by atoms with van der Waals surface area (Å²) in [4.78, 5) is 31.5. The smallest absolute Gasteiger partial charge is 0.338 e. The fourth-order valence-electron chi connectivity index (χ4n) is 4.19. The van der Waals surface area contributed by atoms with E-state index < -0.39 is 12.0 Å². The number of ether oxygens (including phenoxy) is 2. The molecule has 1 atom stereocenters. The van der Waals surface area contributed by atoms with E-state index in [-0.39, 0.29) is 5.56 Å². The fourth-order valence-corrected chi connectivity index (χ4v) is 5.72. The van der Waals surface area contributed by atoms with Gasteiger partial charge in [0.05, 0.1) is 41.1 Å². The largest absolute Gasteiger partial charge is 0.497 e. The maximum absolute atomic E-state index is 13.7. The minimum Gasteiger partial charge on any atom is -0.497 e. The number of rotatable bonds is 5. The number of esters is 1. The predicted molar refractivity (Wildman–Crippen MR) is 143 cm³/mol. The van der Waals surface area contributed by atoms with Gasteiger partial charge in [-0.2, -0.15) is 0 Å². The van der Waals surface area contributed by atoms with Crippen LogP contribution in [0.3, 0.4) is 0 Å². The number of hydrogen-bond acceptors (Lipinski definition) is 7. The van der Waals surface area contributed by atoms with E-state index in [1.807, 2.05) is 12.1 Å². The van der Waals surface area contributed by atoms with Crippen molar-refractivity contribution in [3.8, 4) is 17.1 Å². The number of halogens is 2. The molecule has 2 aromatic heterocycles. The van der Waals surface area contributed by atoms with Crippen LogP contribution >= 0.6 is 34.5 Å². The van der Waals surface area contributed by atoms with E-state index in [0.717, 1.165) is 5.56 Å². The molecule has 3 heterocycles. The molecular formula is C27H20Cl2N2O5S. The number of nitrogens with zero attached hydrogens (tertiary/aromatic N) is 2. The zero-order valence-corrected chi connectivity index (χ0v) is 22.3. The normalized spacial score (nSPS) is 15.4. The van der Waals surface area contributed by atoms with Crippen molar-refractivity contribution in [2.45, 2.75) is 13.0 Å². The predicted octanol–water partition coefficient (Wildman–Crippen LogP) is 4.98. The minimum atomic E-state index is -0.711. The van der Waals surface area contributed by atoms with E-state index in [9.17, 15) is 9.59 Å². The van der Waals surface area contributed by atoms with Gasteiger partial charge < -0.3 is 13.9 Å². The van der Waals surface area contributed by atoms with Gasteiger partial charge in [0.1, 0.15) is 17.3 Å². The Bertz CT molecular complexity index is 1730. The van der Waals surface area contributed by atoms with Crippen LogP contribution in [0.15, 0.2) is 80.1 Å². The molecule has 0 radical (unpaired) electrons. The van der Waals surface area contributed by atoms with E-state index in [2.05, 4.69) is 4.99 Å². The Kier molecular flexibility index (Phi) is 6.81. The van der Waals surface area contributed by atoms with Crippen LogP contribution in [0.25, 0.3) is 17.4 Å². The molecule has 0 fully saturated rings. The molecule has 0 aliphatic carbocycles. The molecular weight excluding hydrogens is 535 g/mol. The molecule has 1 aliphatic heterocycles. The summed E-state index contributed by atoms with van der Waals surface area (Å²) in [6.07, 6.45) is 1.65. The van der Waals surface area contributed by atoms with E-state index in [1.54, 1.807) is 62.6 Å². The molecule has 2 aromatic carbocycles. The van der Waals surface area contributed by atoms with Gasteiger partial charge in [0.15, 0.2) is 4.80 Å². The molecule has 0 saturated carbocycles. The molecule has 0 N–H and O–H groups in total. The molecule has 5 rings (SSSR count). The number of carbonyl (C=O) groups excluding carboxylic acids is 1. The summed E-state index contributed by atoms with van der Waals surface area (Å²) in [5.74, 6) is 1.12. The lowest BCUT2D eigenvalue weighted by Crippen LogP contribution is -2.39. The van der Waals surface area contributed by atoms with Gasteiger partial charge in [0, 0.05) is 16.7 Å². The number of allylic oxidation sites excluding steroid dienone is 1. The first-order valence-electron chi connectivity index (χ1n) is 11.1. The quantitative estimate of drug-likeness (QED) is 0.325. The number of furan rings is 1. The van der Waals surface area contributed by atoms with Crippen LogP contribution < -0.4 is 19.6 Å². The van der Waals surface area contributed by atoms with Gasteiger partial charge in [-0.05, 0) is 55.0 Å². The Morgan fingerprint density at radius 3 is 2.54 bits per heavy atom. The molecule has 0 amide bonds. The van der Waals surface area contributed by atoms with Crippen LogP contribution in [0.5, 0.6) is 5.75 Å². The summed E-state index contributed by atoms with van der Waals surface area (Å²) in [7, 11) is 2.88. The summed E-state index contributed by atoms with van der Waals surface area (Å²) < 4.78 is 18.2. The van der Waals surface area contributed by atoms with Crippen LogP contribution in [0.1, 0.15) is 24.3 Å². The molecule has 0 unspecified atom stereocenters. The second-order valence-corrected chi connectivity index (χ2v) is 10.0. The first kappa shape index (κ1) is 25.1. The standard InChI is InChI=1S/C27H20Cl2N2O5S/c1-14-23(26(33)35-3)24(15-4-7-17(34-2)8-5-15)31-25(32)22(37-27(31)30-14)13-18-9-11-21(36-18)19-10-6-16(28)12-20(19)29/h4-13,24H,1-3H3/b22-13-/t24-/m0/s1. The second kappa shape index (κ2) is 10.0. The third-order valence-corrected chi connectivity index (χ3v) is 7.49. The lowest BCUT2D eigenvalue weighted by molar-refractivity contribution is -0.136. The lowest BCUT2D eigenvalue weighted by atomic mass is 9.96. The van der Waals surface area contributed by atoms with Gasteiger partial charge in [-0.25, -0.2) is 9.79 Å². The van der Waals surface area contributed by atoms with Crippen molar-refractivity contribution in [2.24, 2.45) is 4.99 Å². The Hall–Kier alpha value is -3.59. The van der Waals surface area contributed by atoms with Crippen molar-refractivity contribution >= 4 is 46.6 Å². The SMILES string of the molecule is COC(=O)C1=C(C)N=c2s/c(=C\c3ccc(-c4ccc(Cl)cc4Cl)o3)c(=O)n2[C@H]1c1ccc(OC)cc1. The van der Waals surface area contributed by atoms with Crippen LogP contribution in [0, 0.1) is 0 Å². The van der Waals surface area contributed by atoms with E-state index in [1.165, 1.54) is 23.0 Å². The van der Waals surface area contributed by atoms with Crippen LogP contribution in [-0.2, 0) is 9.53 Å². The molecule has 37 heavy (non-hydrogen) atoms. The average molecular weight is 555 g/mol. The minimum absolute atomic E-state index is 0.296. The molecule has 4 aromatic rings. The fraction of sp³-hybridized carbons (Fsp3) is 0.148. The molecule has 188 valence electrons. The van der Waals surface area contributed by atoms with Crippen molar-refractivity contribution in [3.05, 3.63) is 107 Å². The number of aromatic nitrogens is 1. The number of fused-ring (bicyclic) bond motifs is 1. The average Bonchev–Trinajstić information content (AvgIpc) is 3.47. The third kappa shape index (κ3) is 4.64. The number of carbonyl (C=O) groups is 1. The van der Waals surface area contributed by atoms with Crippen molar-refractivity contribution < 1.29 is 18.7 Å². The molecule has 1 aliphatic rings. The Morgan fingerprint density at radius 1 is 1.11 bits per heavy atom. The summed E-state index contributed by atoms with van der Waals surface area (Å²) in [5.41, 5.74) is 1.88. The van der Waals surface area contributed by atoms with E-state index in [0.29, 0.717) is 53.5 Å². The summed E-state index contributed by atoms with van der Waals surface area (Å²) in [6, 6.07) is 15.1. The van der Waals surface area contributed by atoms with E-state index in [4.69, 9.17) is 37.1 Å². The topological polar surface area (TPSA) is 83.0 Å². The first-order chi connectivity index (χ1) is 17.8. The van der Waals surface area contributed by atoms with Gasteiger partial charge in [-0.1, -0.05) is 46.7 Å². The summed E-state index contributed by atoms with van der Waals surface area (Å²) in [5, 5.41) is 0.979. The third-order valence-electron chi connectivity index (χ3n) is 5.96. The maximum Gasteiger partial charge on any atom is 0.338 e. The highest BCUT2D eigenvalue weighted by Crippen LogP contribution is 2.33. The zero-order valence-electron chi connectivity index (χ0n) is 20.0. The monoisotopic (exact) mass is 554 g/mol. The van der Waals surface area contributed by atoms with Crippen molar-refractivity contribution in [2.75, 3.05) is 14.2 Å². The van der Waals surface area contributed by atoms with Gasteiger partial charge in [0.2, 0.25) is 0 Å². The second-order valence-electron chi connectivity index (χ2n) is 8.17. The van der Waals surface area contributed by atoms with Crippen molar-refractivity contribution in [1.29, 1.82) is 0 Å². The van der Waals surface area contributed by atoms with Crippen LogP contribution in [0.2, 0.25) is 10.0 Å². The number of hydrogen-bond donors (Lipinski definition) is 0. The van der Waals surface area contributed by atoms with Gasteiger partial charge in [0.25, 0.3) is 5.56 Å². The number of benzene rings is 2. The van der Waals surface area contributed by atoms with Gasteiger partial charge >= 0.3 is 5.97 Å². The highest BCUT2D eigenvalue weighted by Gasteiger charge is 2.33. The van der Waals surface area contributed by atoms with Crippen molar-refractivity contribution in [1.82, 2.24) is 4.57 Å². The Labute approximate surface area is 225 Å². The van der Waals surface area contributed by atoms with Gasteiger partial charge in [-0.3, -0.25) is 9.36 Å². The summed E-state index contributed by atoms with van der Waals surface area (Å²) in [6.45, 7) is 1.73. The molecule has 0 saturated heterocycles. The van der Waals surface area contributed by atoms with E-state index >= 15 is 0 Å². The number of methoxy groups -OCH3 is 2. The lowest BCUT2D eigenvalue weighted by Gasteiger charge is -2.24. The maximum atomic E-state index is 13.7.